The Bertz CT molecular complexity index is 740. The van der Waals surface area contributed by atoms with Crippen LogP contribution in [0.25, 0.3) is 0 Å². The summed E-state index contributed by atoms with van der Waals surface area (Å²) in [6.45, 7) is 2.27. The molecule has 0 bridgehead atoms. The summed E-state index contributed by atoms with van der Waals surface area (Å²) < 4.78 is 1.71. The summed E-state index contributed by atoms with van der Waals surface area (Å²) in [5, 5.41) is 60.3. The van der Waals surface area contributed by atoms with Gasteiger partial charge in [0.25, 0.3) is 0 Å². The van der Waals surface area contributed by atoms with Crippen LogP contribution in [0.15, 0.2) is 37.1 Å². The molecule has 0 saturated heterocycles. The summed E-state index contributed by atoms with van der Waals surface area (Å²) in [7, 11) is 0. The predicted molar refractivity (Wildman–Crippen MR) is 112 cm³/mol. The minimum Gasteiger partial charge on any atom is -0.396 e. The molecule has 170 valence electrons. The third-order valence-electron chi connectivity index (χ3n) is 5.23. The van der Waals surface area contributed by atoms with Crippen molar-refractivity contribution in [3.8, 4) is 0 Å². The van der Waals surface area contributed by atoms with E-state index in [1.54, 1.807) is 17.1 Å². The van der Waals surface area contributed by atoms with Gasteiger partial charge >= 0.3 is 0 Å². The molecule has 2 aliphatic rings. The molecule has 0 radical (unpaired) electrons. The maximum atomic E-state index is 9.31. The summed E-state index contributed by atoms with van der Waals surface area (Å²) >= 11 is 0. The lowest BCUT2D eigenvalue weighted by Gasteiger charge is -2.34. The predicted octanol–water partition coefficient (Wildman–Crippen LogP) is 0.388. The van der Waals surface area contributed by atoms with Crippen molar-refractivity contribution in [1.82, 2.24) is 19.9 Å². The van der Waals surface area contributed by atoms with Crippen LogP contribution in [0.3, 0.4) is 0 Å². The van der Waals surface area contributed by atoms with Gasteiger partial charge < -0.3 is 15.3 Å². The van der Waals surface area contributed by atoms with Crippen molar-refractivity contribution in [2.24, 2.45) is 30.9 Å². The van der Waals surface area contributed by atoms with Gasteiger partial charge in [-0.25, -0.2) is 0 Å². The van der Waals surface area contributed by atoms with E-state index in [9.17, 15) is 10.2 Å². The summed E-state index contributed by atoms with van der Waals surface area (Å²) in [5.41, 5.74) is -0.507. The zero-order chi connectivity index (χ0) is 22.0. The second-order valence-electron chi connectivity index (χ2n) is 7.92. The number of nitrogens with zero attached hydrogens (tertiary/aromatic N) is 10. The van der Waals surface area contributed by atoms with Crippen molar-refractivity contribution < 1.29 is 15.3 Å². The number of rotatable bonds is 15. The highest BCUT2D eigenvalue weighted by molar-refractivity contribution is 5.73. The average Bonchev–Trinajstić information content (AvgIpc) is 3.52. The van der Waals surface area contributed by atoms with Gasteiger partial charge in [-0.3, -0.25) is 9.58 Å². The Morgan fingerprint density at radius 1 is 0.839 bits per heavy atom. The second kappa shape index (κ2) is 11.2. The number of hydrogen-bond donors (Lipinski definition) is 3. The first kappa shape index (κ1) is 23.2. The monoisotopic (exact) mass is 434 g/mol. The molecule has 2 unspecified atom stereocenters. The molecule has 31 heavy (non-hydrogen) atoms. The Balaban J connectivity index is 1.78. The van der Waals surface area contributed by atoms with Crippen LogP contribution in [0.5, 0.6) is 0 Å². The van der Waals surface area contributed by atoms with Gasteiger partial charge in [0.1, 0.15) is 11.1 Å². The molecule has 3 rings (SSSR count). The van der Waals surface area contributed by atoms with E-state index in [1.165, 1.54) is 0 Å². The van der Waals surface area contributed by atoms with E-state index in [1.807, 2.05) is 6.20 Å². The average molecular weight is 435 g/mol. The maximum Gasteiger partial charge on any atom is 0.133 e. The van der Waals surface area contributed by atoms with Gasteiger partial charge in [0.2, 0.25) is 0 Å². The Kier molecular flexibility index (Phi) is 8.40. The highest BCUT2D eigenvalue weighted by atomic mass is 16.3. The third-order valence-corrected chi connectivity index (χ3v) is 5.23. The van der Waals surface area contributed by atoms with Gasteiger partial charge in [0.05, 0.1) is 18.1 Å². The molecule has 1 aromatic rings. The van der Waals surface area contributed by atoms with Gasteiger partial charge in [-0.2, -0.15) is 10.2 Å². The van der Waals surface area contributed by atoms with Gasteiger partial charge in [-0.1, -0.05) is 5.21 Å². The zero-order valence-electron chi connectivity index (χ0n) is 17.5. The highest BCUT2D eigenvalue weighted by Gasteiger charge is 2.38. The molecule has 3 heterocycles. The van der Waals surface area contributed by atoms with E-state index in [0.717, 1.165) is 5.69 Å². The number of aromatic nitrogens is 3. The topological polar surface area (TPSA) is 169 Å². The molecule has 1 aromatic heterocycles. The summed E-state index contributed by atoms with van der Waals surface area (Å²) in [6, 6.07) is 0. The number of aryl methyl sites for hydroxylation is 1. The van der Waals surface area contributed by atoms with E-state index in [-0.39, 0.29) is 19.8 Å². The normalized spacial score (nSPS) is 24.3. The fraction of sp³-hybridized carbons (Fsp3) is 0.778. The molecule has 3 N–H and O–H groups in total. The Morgan fingerprint density at radius 2 is 1.42 bits per heavy atom. The fourth-order valence-corrected chi connectivity index (χ4v) is 3.77. The summed E-state index contributed by atoms with van der Waals surface area (Å²) in [5.74, 6) is 0. The summed E-state index contributed by atoms with van der Waals surface area (Å²) in [4.78, 5) is 2.14. The van der Waals surface area contributed by atoms with E-state index in [0.29, 0.717) is 58.3 Å². The fourth-order valence-electron chi connectivity index (χ4n) is 3.77. The minimum atomic E-state index is -0.638. The van der Waals surface area contributed by atoms with Gasteiger partial charge in [-0.15, -0.1) is 15.3 Å². The molecule has 2 aliphatic heterocycles. The van der Waals surface area contributed by atoms with Gasteiger partial charge in [0.15, 0.2) is 0 Å². The van der Waals surface area contributed by atoms with Crippen LogP contribution in [-0.4, -0.2) is 91.6 Å². The first-order valence-corrected chi connectivity index (χ1v) is 10.5. The molecule has 0 aromatic carbocycles. The minimum absolute atomic E-state index is 0.0611. The quantitative estimate of drug-likeness (QED) is 0.360. The van der Waals surface area contributed by atoms with Crippen molar-refractivity contribution in [3.05, 3.63) is 11.9 Å². The van der Waals surface area contributed by atoms with Crippen LogP contribution in [0, 0.1) is 0 Å². The van der Waals surface area contributed by atoms with Crippen molar-refractivity contribution in [3.63, 3.8) is 0 Å². The van der Waals surface area contributed by atoms with Crippen LogP contribution < -0.4 is 0 Å². The Labute approximate surface area is 180 Å². The van der Waals surface area contributed by atoms with Crippen molar-refractivity contribution >= 4 is 12.4 Å². The number of hydrogen-bond acceptors (Lipinski definition) is 12. The molecule has 0 aliphatic carbocycles. The molecular weight excluding hydrogens is 404 g/mol. The first-order chi connectivity index (χ1) is 15.1. The highest BCUT2D eigenvalue weighted by Crippen LogP contribution is 2.28. The van der Waals surface area contributed by atoms with Gasteiger partial charge in [-0.05, 0) is 42.6 Å². The van der Waals surface area contributed by atoms with Crippen LogP contribution in [0.2, 0.25) is 0 Å². The van der Waals surface area contributed by atoms with E-state index in [2.05, 4.69) is 46.1 Å². The Morgan fingerprint density at radius 3 is 1.90 bits per heavy atom. The van der Waals surface area contributed by atoms with E-state index in [4.69, 9.17) is 5.11 Å². The lowest BCUT2D eigenvalue weighted by Crippen LogP contribution is -2.48. The van der Waals surface area contributed by atoms with Crippen molar-refractivity contribution in [1.29, 1.82) is 0 Å². The van der Waals surface area contributed by atoms with Crippen LogP contribution in [0.4, 0.5) is 0 Å². The first-order valence-electron chi connectivity index (χ1n) is 10.5. The second-order valence-corrected chi connectivity index (χ2v) is 7.92. The molecule has 0 spiro atoms. The SMILES string of the molecule is OCCCn1cc(CN(CC2(CCCO)C=NN=N2)CC2(CCCO)C=NN=N2)nn1. The number of aliphatic hydroxyl groups is 3. The molecule has 0 amide bonds. The Hall–Kier alpha value is -2.48. The zero-order valence-corrected chi connectivity index (χ0v) is 17.5. The van der Waals surface area contributed by atoms with Crippen LogP contribution in [-0.2, 0) is 13.1 Å². The smallest absolute Gasteiger partial charge is 0.133 e. The molecule has 2 atom stereocenters. The standard InChI is InChI=1S/C18H30N10O3/c29-7-1-4-17(12-19-24-22-17)14-27(10-16-11-28(26-21-16)6-3-9-31)15-18(5-2-8-30)13-20-25-23-18/h11-13,29-31H,1-10,14-15H2. The maximum absolute atomic E-state index is 9.31. The number of aliphatic hydroxyl groups excluding tert-OH is 3. The summed E-state index contributed by atoms with van der Waals surface area (Å²) in [6.07, 6.45) is 8.27. The van der Waals surface area contributed by atoms with Gasteiger partial charge in [0, 0.05) is 52.2 Å². The largest absolute Gasteiger partial charge is 0.396 e. The molecule has 0 fully saturated rings. The van der Waals surface area contributed by atoms with Crippen LogP contribution in [0.1, 0.15) is 37.8 Å². The third kappa shape index (κ3) is 6.50. The van der Waals surface area contributed by atoms with Crippen molar-refractivity contribution in [2.45, 2.75) is 56.3 Å². The lowest BCUT2D eigenvalue weighted by atomic mass is 9.92. The molecule has 13 nitrogen and oxygen atoms in total. The molecular formula is C18H30N10O3. The lowest BCUT2D eigenvalue weighted by molar-refractivity contribution is 0.182. The molecule has 13 heteroatoms. The van der Waals surface area contributed by atoms with E-state index < -0.39 is 11.1 Å². The van der Waals surface area contributed by atoms with Crippen LogP contribution >= 0.6 is 0 Å². The van der Waals surface area contributed by atoms with E-state index >= 15 is 0 Å². The van der Waals surface area contributed by atoms with Crippen molar-refractivity contribution in [2.75, 3.05) is 32.9 Å². The molecule has 0 saturated carbocycles.